The molecule has 0 saturated heterocycles. The maximum Gasteiger partial charge on any atom is 0.138 e. The van der Waals surface area contributed by atoms with Crippen LogP contribution in [-0.2, 0) is 35.3 Å². The summed E-state index contributed by atoms with van der Waals surface area (Å²) in [4.78, 5) is 0.947. The number of thioether (sulfide) groups is 1. The molecule has 2 aliphatic rings. The van der Waals surface area contributed by atoms with Crippen LogP contribution in [0, 0.1) is 36.4 Å². The van der Waals surface area contributed by atoms with E-state index in [0.29, 0.717) is 18.1 Å². The van der Waals surface area contributed by atoms with Crippen LogP contribution in [-0.4, -0.2) is 18.8 Å². The van der Waals surface area contributed by atoms with Crippen molar-refractivity contribution in [3.8, 4) is 17.2 Å². The molecule has 44 heavy (non-hydrogen) atoms. The summed E-state index contributed by atoms with van der Waals surface area (Å²) in [5, 5.41) is 11.0. The number of nitriles is 1. The molecule has 230 valence electrons. The van der Waals surface area contributed by atoms with Gasteiger partial charge in [-0.2, -0.15) is 5.26 Å². The van der Waals surface area contributed by atoms with E-state index >= 15 is 0 Å². The van der Waals surface area contributed by atoms with E-state index in [1.54, 1.807) is 5.56 Å². The Morgan fingerprint density at radius 3 is 2.41 bits per heavy atom. The molecule has 1 unspecified atom stereocenters. The minimum Gasteiger partial charge on any atom is -0.378 e. The third-order valence-electron chi connectivity index (χ3n) is 9.65. The molecule has 0 spiro atoms. The Labute approximate surface area is 269 Å². The Morgan fingerprint density at radius 2 is 1.68 bits per heavy atom. The van der Waals surface area contributed by atoms with Gasteiger partial charge in [0.2, 0.25) is 0 Å². The van der Waals surface area contributed by atoms with E-state index in [1.165, 1.54) is 64.4 Å². The predicted octanol–water partition coefficient (Wildman–Crippen LogP) is 9.76. The van der Waals surface area contributed by atoms with E-state index in [9.17, 15) is 0 Å². The zero-order valence-corrected chi connectivity index (χ0v) is 27.8. The molecule has 0 radical (unpaired) electrons. The first-order valence-corrected chi connectivity index (χ1v) is 17.5. The summed E-state index contributed by atoms with van der Waals surface area (Å²) in [5.74, 6) is 7.29. The molecule has 2 aliphatic carbocycles. The van der Waals surface area contributed by atoms with Crippen molar-refractivity contribution in [2.45, 2.75) is 122 Å². The zero-order valence-electron chi connectivity index (χ0n) is 27.0. The highest BCUT2D eigenvalue weighted by Gasteiger charge is 2.26. The van der Waals surface area contributed by atoms with Crippen molar-refractivity contribution < 1.29 is 9.47 Å². The normalized spacial score (nSPS) is 19.5. The fourth-order valence-electron chi connectivity index (χ4n) is 6.94. The first-order chi connectivity index (χ1) is 21.5. The number of unbranched alkanes of at least 4 members (excludes halogenated alkanes) is 1. The van der Waals surface area contributed by atoms with Crippen molar-refractivity contribution >= 4 is 11.8 Å². The maximum atomic E-state index is 8.85. The van der Waals surface area contributed by atoms with E-state index in [-0.39, 0.29) is 0 Å². The lowest BCUT2D eigenvalue weighted by Crippen LogP contribution is -2.25. The van der Waals surface area contributed by atoms with Crippen LogP contribution in [0.1, 0.15) is 115 Å². The summed E-state index contributed by atoms with van der Waals surface area (Å²) in [7, 11) is 0. The summed E-state index contributed by atoms with van der Waals surface area (Å²) < 4.78 is 12.8. The second-order valence-electron chi connectivity index (χ2n) is 12.5. The van der Waals surface area contributed by atoms with Gasteiger partial charge in [-0.3, -0.25) is 0 Å². The third-order valence-corrected chi connectivity index (χ3v) is 10.3. The Kier molecular flexibility index (Phi) is 11.6. The summed E-state index contributed by atoms with van der Waals surface area (Å²) in [6.45, 7) is 10.6. The van der Waals surface area contributed by atoms with Gasteiger partial charge >= 0.3 is 0 Å². The quantitative estimate of drug-likeness (QED) is 0.0998. The van der Waals surface area contributed by atoms with Crippen LogP contribution in [0.15, 0.2) is 53.4 Å². The Hall–Kier alpha value is -3.02. The standard InChI is InChI=1S/C40H47NO2S/c1-5-7-22-42-37-18-21-39-29(4)40(28(3)23-35(39)25-37)26-43-36-16-14-33(15-17-36)34-13-12-32(31(6-2)24-34)11-8-30-9-19-38(20-10-30)44-27-41/h9-10,12-13,19-20,23-24,33,36-37H,5-7,14-18,21-22,25-26H2,1-4H3. The molecule has 3 aromatic carbocycles. The number of aryl methyl sites for hydroxylation is 2. The minimum absolute atomic E-state index is 0.339. The van der Waals surface area contributed by atoms with Gasteiger partial charge in [0.25, 0.3) is 0 Å². The molecule has 4 heteroatoms. The number of thiocyanates is 1. The Balaban J connectivity index is 1.15. The fourth-order valence-corrected chi connectivity index (χ4v) is 7.32. The maximum absolute atomic E-state index is 8.85. The molecule has 3 nitrogen and oxygen atoms in total. The van der Waals surface area contributed by atoms with Crippen molar-refractivity contribution in [2.24, 2.45) is 0 Å². The van der Waals surface area contributed by atoms with Gasteiger partial charge in [-0.15, -0.1) is 0 Å². The number of ether oxygens (including phenoxy) is 2. The second-order valence-corrected chi connectivity index (χ2v) is 13.4. The van der Waals surface area contributed by atoms with E-state index in [0.717, 1.165) is 74.2 Å². The number of hydrogen-bond donors (Lipinski definition) is 0. The van der Waals surface area contributed by atoms with E-state index < -0.39 is 0 Å². The molecule has 3 aromatic rings. The average Bonchev–Trinajstić information content (AvgIpc) is 3.04. The van der Waals surface area contributed by atoms with Gasteiger partial charge in [0.05, 0.1) is 18.8 Å². The largest absolute Gasteiger partial charge is 0.378 e. The van der Waals surface area contributed by atoms with Gasteiger partial charge in [-0.05, 0) is 159 Å². The van der Waals surface area contributed by atoms with Gasteiger partial charge in [0.1, 0.15) is 5.40 Å². The lowest BCUT2D eigenvalue weighted by Gasteiger charge is -2.31. The van der Waals surface area contributed by atoms with Crippen LogP contribution < -0.4 is 0 Å². The highest BCUT2D eigenvalue weighted by molar-refractivity contribution is 8.03. The van der Waals surface area contributed by atoms with Crippen LogP contribution in [0.2, 0.25) is 0 Å². The van der Waals surface area contributed by atoms with Gasteiger partial charge in [0, 0.05) is 22.6 Å². The Bertz CT molecular complexity index is 1520. The number of benzene rings is 3. The highest BCUT2D eigenvalue weighted by atomic mass is 32.2. The first-order valence-electron chi connectivity index (χ1n) is 16.6. The molecule has 1 atom stereocenters. The van der Waals surface area contributed by atoms with Gasteiger partial charge in [-0.1, -0.05) is 50.3 Å². The van der Waals surface area contributed by atoms with Crippen molar-refractivity contribution in [3.63, 3.8) is 0 Å². The minimum atomic E-state index is 0.339. The molecule has 0 aliphatic heterocycles. The second kappa shape index (κ2) is 15.8. The van der Waals surface area contributed by atoms with Crippen LogP contribution in [0.3, 0.4) is 0 Å². The first kappa shape index (κ1) is 32.4. The summed E-state index contributed by atoms with van der Waals surface area (Å²) in [6.07, 6.45) is 11.9. The molecule has 0 heterocycles. The molecule has 0 aromatic heterocycles. The molecule has 0 amide bonds. The van der Waals surface area contributed by atoms with Gasteiger partial charge in [0.15, 0.2) is 0 Å². The van der Waals surface area contributed by atoms with E-state index in [4.69, 9.17) is 14.7 Å². The smallest absolute Gasteiger partial charge is 0.138 e. The number of nitrogens with zero attached hydrogens (tertiary/aromatic N) is 1. The SMILES string of the molecule is CCCCOC1CCc2c(cc(C)c(COC3CCC(c4ccc(C#Cc5ccc(SC#N)cc5)c(CC)c4)CC3)c2C)C1. The molecular weight excluding hydrogens is 559 g/mol. The Morgan fingerprint density at radius 1 is 0.886 bits per heavy atom. The van der Waals surface area contributed by atoms with Crippen molar-refractivity contribution in [1.29, 1.82) is 5.26 Å². The predicted molar refractivity (Wildman–Crippen MR) is 182 cm³/mol. The van der Waals surface area contributed by atoms with Gasteiger partial charge in [-0.25, -0.2) is 0 Å². The highest BCUT2D eigenvalue weighted by Crippen LogP contribution is 2.36. The summed E-state index contributed by atoms with van der Waals surface area (Å²) in [6, 6.07) is 17.2. The summed E-state index contributed by atoms with van der Waals surface area (Å²) >= 11 is 1.17. The van der Waals surface area contributed by atoms with Crippen LogP contribution in [0.5, 0.6) is 0 Å². The lowest BCUT2D eigenvalue weighted by molar-refractivity contribution is 0.0128. The monoisotopic (exact) mass is 605 g/mol. The van der Waals surface area contributed by atoms with Crippen molar-refractivity contribution in [3.05, 3.63) is 98.6 Å². The molecule has 1 saturated carbocycles. The third kappa shape index (κ3) is 8.17. The number of hydrogen-bond acceptors (Lipinski definition) is 4. The van der Waals surface area contributed by atoms with Crippen LogP contribution in [0.4, 0.5) is 0 Å². The fraction of sp³-hybridized carbons (Fsp3) is 0.475. The van der Waals surface area contributed by atoms with Gasteiger partial charge < -0.3 is 9.47 Å². The van der Waals surface area contributed by atoms with Crippen LogP contribution >= 0.6 is 11.8 Å². The van der Waals surface area contributed by atoms with E-state index in [1.807, 2.05) is 24.3 Å². The van der Waals surface area contributed by atoms with Crippen LogP contribution in [0.25, 0.3) is 0 Å². The topological polar surface area (TPSA) is 42.2 Å². The molecule has 1 fully saturated rings. The number of fused-ring (bicyclic) bond motifs is 1. The van der Waals surface area contributed by atoms with E-state index in [2.05, 4.69) is 69.2 Å². The zero-order chi connectivity index (χ0) is 30.9. The average molecular weight is 606 g/mol. The molecular formula is C40H47NO2S. The van der Waals surface area contributed by atoms with Crippen molar-refractivity contribution in [1.82, 2.24) is 0 Å². The molecule has 5 rings (SSSR count). The number of rotatable bonds is 10. The molecule has 0 bridgehead atoms. The lowest BCUT2D eigenvalue weighted by atomic mass is 9.81. The van der Waals surface area contributed by atoms with Crippen molar-refractivity contribution in [2.75, 3.05) is 6.61 Å². The molecule has 0 N–H and O–H groups in total. The summed E-state index contributed by atoms with van der Waals surface area (Å²) in [5.41, 5.74) is 12.1.